The van der Waals surface area contributed by atoms with Crippen molar-refractivity contribution in [2.75, 3.05) is 13.1 Å². The minimum atomic E-state index is -0.331. The number of aliphatic hydroxyl groups excluding tert-OH is 1. The van der Waals surface area contributed by atoms with Crippen LogP contribution in [0.25, 0.3) is 10.9 Å². The quantitative estimate of drug-likeness (QED) is 0.796. The zero-order valence-electron chi connectivity index (χ0n) is 11.6. The molecular weight excluding hydrogens is 248 g/mol. The molecule has 0 radical (unpaired) electrons. The van der Waals surface area contributed by atoms with Crippen molar-refractivity contribution in [1.29, 1.82) is 0 Å². The Bertz CT molecular complexity index is 690. The molecule has 3 heteroatoms. The van der Waals surface area contributed by atoms with E-state index in [1.807, 2.05) is 0 Å². The molecule has 4 heterocycles. The number of fused-ring (bicyclic) bond motifs is 3. The van der Waals surface area contributed by atoms with Crippen LogP contribution in [0.3, 0.4) is 0 Å². The molecule has 104 valence electrons. The summed E-state index contributed by atoms with van der Waals surface area (Å²) in [6.45, 7) is 2.43. The number of para-hydroxylation sites is 1. The minimum absolute atomic E-state index is 0.331. The summed E-state index contributed by atoms with van der Waals surface area (Å²) < 4.78 is 2.24. The number of nitrogens with zero attached hydrogens (tertiary/aromatic N) is 2. The Morgan fingerprint density at radius 3 is 3.00 bits per heavy atom. The third kappa shape index (κ3) is 1.28. The summed E-state index contributed by atoms with van der Waals surface area (Å²) in [5.41, 5.74) is 4.17. The van der Waals surface area contributed by atoms with Crippen molar-refractivity contribution in [2.24, 2.45) is 5.92 Å². The van der Waals surface area contributed by atoms with Crippen molar-refractivity contribution in [1.82, 2.24) is 9.47 Å². The average molecular weight is 268 g/mol. The molecule has 0 aliphatic carbocycles. The minimum Gasteiger partial charge on any atom is -0.373 e. The first kappa shape index (κ1) is 11.4. The highest BCUT2D eigenvalue weighted by Gasteiger charge is 2.44. The van der Waals surface area contributed by atoms with E-state index in [-0.39, 0.29) is 6.23 Å². The number of benzene rings is 1. The number of aromatic nitrogens is 1. The fourth-order valence-corrected chi connectivity index (χ4v) is 4.93. The summed E-state index contributed by atoms with van der Waals surface area (Å²) in [4.78, 5) is 2.66. The Balaban J connectivity index is 1.85. The fourth-order valence-electron chi connectivity index (χ4n) is 4.93. The highest BCUT2D eigenvalue weighted by molar-refractivity contribution is 5.86. The molecule has 20 heavy (non-hydrogen) atoms. The lowest BCUT2D eigenvalue weighted by Crippen LogP contribution is -2.47. The predicted molar refractivity (Wildman–Crippen MR) is 78.6 cm³/mol. The monoisotopic (exact) mass is 268 g/mol. The SMILES string of the molecule is O[C@@H]1C[C@H]2CCCN3CCc4c(n1c1ccccc41)[C@@H]23. The summed E-state index contributed by atoms with van der Waals surface area (Å²) in [5.74, 6) is 0.648. The highest BCUT2D eigenvalue weighted by Crippen LogP contribution is 2.50. The van der Waals surface area contributed by atoms with E-state index in [9.17, 15) is 5.11 Å². The molecule has 3 aliphatic rings. The number of hydrogen-bond acceptors (Lipinski definition) is 2. The Morgan fingerprint density at radius 2 is 2.05 bits per heavy atom. The van der Waals surface area contributed by atoms with Crippen LogP contribution < -0.4 is 0 Å². The molecule has 1 aromatic carbocycles. The molecule has 0 spiro atoms. The van der Waals surface area contributed by atoms with E-state index in [0.717, 1.165) is 12.8 Å². The molecule has 1 N–H and O–H groups in total. The van der Waals surface area contributed by atoms with Gasteiger partial charge in [-0.15, -0.1) is 0 Å². The van der Waals surface area contributed by atoms with Crippen LogP contribution >= 0.6 is 0 Å². The first-order valence-electron chi connectivity index (χ1n) is 7.88. The standard InChI is InChI=1S/C17H20N2O/c20-15-10-11-4-3-8-18-9-7-13-12-5-1-2-6-14(12)19(15)17(13)16(11)18/h1-2,5-6,11,15-16,20H,3-4,7-10H2/t11-,15-,16-/m1/s1. The van der Waals surface area contributed by atoms with Crippen molar-refractivity contribution >= 4 is 10.9 Å². The van der Waals surface area contributed by atoms with Crippen molar-refractivity contribution < 1.29 is 5.11 Å². The topological polar surface area (TPSA) is 28.4 Å². The lowest BCUT2D eigenvalue weighted by atomic mass is 9.78. The van der Waals surface area contributed by atoms with Gasteiger partial charge in [-0.3, -0.25) is 4.90 Å². The second kappa shape index (κ2) is 3.86. The summed E-state index contributed by atoms with van der Waals surface area (Å²) in [5, 5.41) is 12.0. The van der Waals surface area contributed by atoms with Crippen LogP contribution in [0.5, 0.6) is 0 Å². The third-order valence-corrected chi connectivity index (χ3v) is 5.66. The second-order valence-corrected chi connectivity index (χ2v) is 6.60. The van der Waals surface area contributed by atoms with Gasteiger partial charge in [-0.05, 0) is 49.8 Å². The highest BCUT2D eigenvalue weighted by atomic mass is 16.3. The molecule has 0 unspecified atom stereocenters. The summed E-state index contributed by atoms with van der Waals surface area (Å²) in [6.07, 6.45) is 4.30. The Morgan fingerprint density at radius 1 is 1.15 bits per heavy atom. The second-order valence-electron chi connectivity index (χ2n) is 6.60. The van der Waals surface area contributed by atoms with E-state index < -0.39 is 0 Å². The van der Waals surface area contributed by atoms with Crippen molar-refractivity contribution in [3.05, 3.63) is 35.5 Å². The zero-order chi connectivity index (χ0) is 13.3. The van der Waals surface area contributed by atoms with Crippen molar-refractivity contribution in [3.8, 4) is 0 Å². The molecule has 3 nitrogen and oxygen atoms in total. The van der Waals surface area contributed by atoms with Crippen LogP contribution in [-0.4, -0.2) is 27.7 Å². The first-order valence-corrected chi connectivity index (χ1v) is 7.88. The van der Waals surface area contributed by atoms with Gasteiger partial charge < -0.3 is 9.67 Å². The van der Waals surface area contributed by atoms with E-state index in [0.29, 0.717) is 12.0 Å². The summed E-state index contributed by atoms with van der Waals surface area (Å²) in [6, 6.07) is 9.18. The van der Waals surface area contributed by atoms with Gasteiger partial charge >= 0.3 is 0 Å². The van der Waals surface area contributed by atoms with Gasteiger partial charge in [0.05, 0.1) is 11.6 Å². The molecule has 2 aromatic rings. The van der Waals surface area contributed by atoms with Gasteiger partial charge in [-0.2, -0.15) is 0 Å². The maximum atomic E-state index is 10.7. The molecule has 1 saturated heterocycles. The largest absolute Gasteiger partial charge is 0.373 e. The van der Waals surface area contributed by atoms with E-state index in [2.05, 4.69) is 33.7 Å². The van der Waals surface area contributed by atoms with Crippen LogP contribution in [-0.2, 0) is 6.42 Å². The maximum absolute atomic E-state index is 10.7. The van der Waals surface area contributed by atoms with E-state index in [4.69, 9.17) is 0 Å². The number of piperidine rings is 1. The Hall–Kier alpha value is -1.32. The van der Waals surface area contributed by atoms with Gasteiger partial charge in [-0.1, -0.05) is 18.2 Å². The normalized spacial score (nSPS) is 32.4. The molecule has 5 rings (SSSR count). The molecule has 0 saturated carbocycles. The van der Waals surface area contributed by atoms with Crippen LogP contribution in [0.2, 0.25) is 0 Å². The van der Waals surface area contributed by atoms with Gasteiger partial charge in [0, 0.05) is 17.6 Å². The molecule has 1 fully saturated rings. The Kier molecular flexibility index (Phi) is 2.19. The third-order valence-electron chi connectivity index (χ3n) is 5.66. The van der Waals surface area contributed by atoms with E-state index in [1.54, 1.807) is 0 Å². The molecule has 1 aromatic heterocycles. The van der Waals surface area contributed by atoms with Crippen LogP contribution in [0, 0.1) is 5.92 Å². The van der Waals surface area contributed by atoms with Crippen LogP contribution in [0.1, 0.15) is 42.8 Å². The van der Waals surface area contributed by atoms with Crippen LogP contribution in [0.4, 0.5) is 0 Å². The molecular formula is C17H20N2O. The first-order chi connectivity index (χ1) is 9.84. The zero-order valence-corrected chi connectivity index (χ0v) is 11.6. The molecule has 3 atom stereocenters. The summed E-state index contributed by atoms with van der Waals surface area (Å²) in [7, 11) is 0. The lowest BCUT2D eigenvalue weighted by molar-refractivity contribution is -0.0148. The number of rotatable bonds is 0. The molecule has 3 aliphatic heterocycles. The maximum Gasteiger partial charge on any atom is 0.131 e. The number of hydrogen-bond donors (Lipinski definition) is 1. The molecule has 0 amide bonds. The van der Waals surface area contributed by atoms with Gasteiger partial charge in [0.1, 0.15) is 6.23 Å². The van der Waals surface area contributed by atoms with E-state index >= 15 is 0 Å². The van der Waals surface area contributed by atoms with Crippen molar-refractivity contribution in [3.63, 3.8) is 0 Å². The smallest absolute Gasteiger partial charge is 0.131 e. The van der Waals surface area contributed by atoms with Crippen LogP contribution in [0.15, 0.2) is 24.3 Å². The summed E-state index contributed by atoms with van der Waals surface area (Å²) >= 11 is 0. The van der Waals surface area contributed by atoms with Gasteiger partial charge in [0.25, 0.3) is 0 Å². The van der Waals surface area contributed by atoms with Gasteiger partial charge in [0.2, 0.25) is 0 Å². The number of aliphatic hydroxyl groups is 1. The molecule has 0 bridgehead atoms. The van der Waals surface area contributed by atoms with Gasteiger partial charge in [0.15, 0.2) is 0 Å². The predicted octanol–water partition coefficient (Wildman–Crippen LogP) is 2.85. The average Bonchev–Trinajstić information content (AvgIpc) is 2.82. The fraction of sp³-hybridized carbons (Fsp3) is 0.529. The van der Waals surface area contributed by atoms with E-state index in [1.165, 1.54) is 48.1 Å². The van der Waals surface area contributed by atoms with Gasteiger partial charge in [-0.25, -0.2) is 0 Å². The lowest BCUT2D eigenvalue weighted by Gasteiger charge is -2.48. The Labute approximate surface area is 118 Å². The van der Waals surface area contributed by atoms with Crippen molar-refractivity contribution in [2.45, 2.75) is 38.0 Å².